The molecule has 0 aliphatic carbocycles. The highest BCUT2D eigenvalue weighted by atomic mass is 16.5. The van der Waals surface area contributed by atoms with Crippen molar-refractivity contribution in [2.24, 2.45) is 0 Å². The number of ether oxygens (including phenoxy) is 1. The van der Waals surface area contributed by atoms with Crippen molar-refractivity contribution in [3.8, 4) is 5.75 Å². The molecule has 2 heterocycles. The Kier molecular flexibility index (Phi) is 11.0. The molecular weight excluding hydrogens is 516 g/mol. The predicted molar refractivity (Wildman–Crippen MR) is 162 cm³/mol. The number of amides is 2. The van der Waals surface area contributed by atoms with Gasteiger partial charge in [0.2, 0.25) is 11.8 Å². The maximum Gasteiger partial charge on any atom is 0.242 e. The van der Waals surface area contributed by atoms with Crippen molar-refractivity contribution in [1.82, 2.24) is 20.5 Å². The van der Waals surface area contributed by atoms with E-state index in [1.807, 2.05) is 31.2 Å². The Bertz CT molecular complexity index is 1320. The summed E-state index contributed by atoms with van der Waals surface area (Å²) in [7, 11) is 1.62. The number of ketones is 1. The monoisotopic (exact) mass is 560 g/mol. The molecule has 2 atom stereocenters. The van der Waals surface area contributed by atoms with Crippen LogP contribution in [-0.4, -0.2) is 66.8 Å². The van der Waals surface area contributed by atoms with Gasteiger partial charge in [0.15, 0.2) is 0 Å². The minimum absolute atomic E-state index is 0.152. The lowest BCUT2D eigenvalue weighted by Crippen LogP contribution is -2.48. The molecular formula is C33H44N4O4. The first-order valence-electron chi connectivity index (χ1n) is 14.8. The van der Waals surface area contributed by atoms with E-state index in [1.165, 1.54) is 5.56 Å². The maximum atomic E-state index is 13.3. The Morgan fingerprint density at radius 2 is 1.90 bits per heavy atom. The Morgan fingerprint density at radius 3 is 2.66 bits per heavy atom. The number of nitrogens with zero attached hydrogens (tertiary/aromatic N) is 1. The van der Waals surface area contributed by atoms with Gasteiger partial charge in [-0.25, -0.2) is 0 Å². The first-order chi connectivity index (χ1) is 19.8. The normalized spacial score (nSPS) is 16.0. The van der Waals surface area contributed by atoms with E-state index in [0.29, 0.717) is 25.3 Å². The third-order valence-electron chi connectivity index (χ3n) is 8.11. The van der Waals surface area contributed by atoms with Crippen LogP contribution in [-0.2, 0) is 20.8 Å². The molecule has 3 N–H and O–H groups in total. The molecule has 8 heteroatoms. The summed E-state index contributed by atoms with van der Waals surface area (Å²) in [6.45, 7) is 6.88. The van der Waals surface area contributed by atoms with Gasteiger partial charge in [0.05, 0.1) is 13.5 Å². The summed E-state index contributed by atoms with van der Waals surface area (Å²) in [5, 5.41) is 7.02. The largest absolute Gasteiger partial charge is 0.497 e. The average Bonchev–Trinajstić information content (AvgIpc) is 3.56. The van der Waals surface area contributed by atoms with E-state index >= 15 is 0 Å². The highest BCUT2D eigenvalue weighted by Crippen LogP contribution is 2.27. The zero-order chi connectivity index (χ0) is 29.2. The quantitative estimate of drug-likeness (QED) is 0.235. The van der Waals surface area contributed by atoms with Gasteiger partial charge in [-0.1, -0.05) is 43.2 Å². The van der Waals surface area contributed by atoms with Crippen LogP contribution >= 0.6 is 0 Å². The third-order valence-corrected chi connectivity index (χ3v) is 8.11. The molecule has 220 valence electrons. The van der Waals surface area contributed by atoms with Crippen LogP contribution in [0.3, 0.4) is 0 Å². The SMILES string of the molecule is COc1ccc2[nH]c(C)c(CC(=O)NC(CCCCCC(C)=O)C(=O)NCCN3CCC(c4ccccc4)C3)c2c1. The average molecular weight is 561 g/mol. The molecule has 41 heavy (non-hydrogen) atoms. The number of Topliss-reactive ketones (excluding diaryl/α,β-unsaturated/α-hetero) is 1. The number of aromatic nitrogens is 1. The summed E-state index contributed by atoms with van der Waals surface area (Å²) in [5.74, 6) is 1.10. The Morgan fingerprint density at radius 1 is 1.10 bits per heavy atom. The molecule has 8 nitrogen and oxygen atoms in total. The molecule has 1 aliphatic heterocycles. The lowest BCUT2D eigenvalue weighted by atomic mass is 9.99. The fourth-order valence-corrected chi connectivity index (χ4v) is 5.78. The summed E-state index contributed by atoms with van der Waals surface area (Å²) in [6, 6.07) is 15.7. The van der Waals surface area contributed by atoms with Crippen LogP contribution in [0.15, 0.2) is 48.5 Å². The predicted octanol–water partition coefficient (Wildman–Crippen LogP) is 4.66. The van der Waals surface area contributed by atoms with Crippen molar-refractivity contribution in [1.29, 1.82) is 0 Å². The first-order valence-corrected chi connectivity index (χ1v) is 14.8. The number of carbonyl (C=O) groups excluding carboxylic acids is 3. The van der Waals surface area contributed by atoms with Gasteiger partial charge in [-0.2, -0.15) is 0 Å². The molecule has 4 rings (SSSR count). The van der Waals surface area contributed by atoms with Crippen LogP contribution in [0.4, 0.5) is 0 Å². The molecule has 0 saturated carbocycles. The number of carbonyl (C=O) groups is 3. The Hall–Kier alpha value is -3.65. The summed E-state index contributed by atoms with van der Waals surface area (Å²) < 4.78 is 5.38. The number of aromatic amines is 1. The van der Waals surface area contributed by atoms with Gasteiger partial charge in [0.25, 0.3) is 0 Å². The van der Waals surface area contributed by atoms with Gasteiger partial charge in [0.1, 0.15) is 17.6 Å². The highest BCUT2D eigenvalue weighted by Gasteiger charge is 2.25. The van der Waals surface area contributed by atoms with Crippen molar-refractivity contribution in [3.05, 3.63) is 65.4 Å². The molecule has 3 aromatic rings. The Balaban J connectivity index is 1.32. The molecule has 2 amide bonds. The smallest absolute Gasteiger partial charge is 0.242 e. The number of fused-ring (bicyclic) bond motifs is 1. The lowest BCUT2D eigenvalue weighted by molar-refractivity contribution is -0.128. The van der Waals surface area contributed by atoms with Crippen LogP contribution in [0, 0.1) is 6.92 Å². The van der Waals surface area contributed by atoms with Gasteiger partial charge in [-0.15, -0.1) is 0 Å². The number of unbranched alkanes of at least 4 members (excludes halogenated alkanes) is 2. The van der Waals surface area contributed by atoms with E-state index < -0.39 is 6.04 Å². The summed E-state index contributed by atoms with van der Waals surface area (Å²) in [6.07, 6.45) is 4.78. The van der Waals surface area contributed by atoms with Crippen LogP contribution in [0.1, 0.15) is 68.2 Å². The van der Waals surface area contributed by atoms with Gasteiger partial charge < -0.3 is 30.0 Å². The lowest BCUT2D eigenvalue weighted by Gasteiger charge is -2.21. The highest BCUT2D eigenvalue weighted by molar-refractivity contribution is 5.93. The molecule has 0 bridgehead atoms. The zero-order valence-corrected chi connectivity index (χ0v) is 24.6. The number of nitrogens with one attached hydrogen (secondary N) is 3. The van der Waals surface area contributed by atoms with Crippen molar-refractivity contribution in [3.63, 3.8) is 0 Å². The number of benzene rings is 2. The van der Waals surface area contributed by atoms with E-state index in [2.05, 4.69) is 44.8 Å². The number of likely N-dealkylation sites (tertiary alicyclic amines) is 1. The molecule has 1 fully saturated rings. The van der Waals surface area contributed by atoms with Crippen LogP contribution in [0.25, 0.3) is 10.9 Å². The molecule has 1 aliphatic rings. The summed E-state index contributed by atoms with van der Waals surface area (Å²) >= 11 is 0. The zero-order valence-electron chi connectivity index (χ0n) is 24.6. The summed E-state index contributed by atoms with van der Waals surface area (Å²) in [5.41, 5.74) is 4.14. The van der Waals surface area contributed by atoms with E-state index in [9.17, 15) is 14.4 Å². The van der Waals surface area contributed by atoms with Gasteiger partial charge in [-0.05, 0) is 74.9 Å². The molecule has 2 unspecified atom stereocenters. The third kappa shape index (κ3) is 8.67. The fourth-order valence-electron chi connectivity index (χ4n) is 5.78. The van der Waals surface area contributed by atoms with Crippen molar-refractivity contribution in [2.75, 3.05) is 33.3 Å². The Labute approximate surface area is 243 Å². The summed E-state index contributed by atoms with van der Waals surface area (Å²) in [4.78, 5) is 43.5. The second-order valence-corrected chi connectivity index (χ2v) is 11.2. The van der Waals surface area contributed by atoms with Crippen LogP contribution < -0.4 is 15.4 Å². The van der Waals surface area contributed by atoms with Gasteiger partial charge in [0, 0.05) is 42.7 Å². The number of rotatable bonds is 15. The van der Waals surface area contributed by atoms with E-state index in [0.717, 1.165) is 73.2 Å². The van der Waals surface area contributed by atoms with Crippen molar-refractivity contribution >= 4 is 28.5 Å². The minimum atomic E-state index is -0.615. The molecule has 0 radical (unpaired) electrons. The molecule has 1 saturated heterocycles. The maximum absolute atomic E-state index is 13.3. The molecule has 1 aromatic heterocycles. The second kappa shape index (κ2) is 14.8. The second-order valence-electron chi connectivity index (χ2n) is 11.2. The minimum Gasteiger partial charge on any atom is -0.497 e. The van der Waals surface area contributed by atoms with Gasteiger partial charge >= 0.3 is 0 Å². The number of aryl methyl sites for hydroxylation is 1. The topological polar surface area (TPSA) is 104 Å². The standard InChI is InChI=1S/C33H44N4O4/c1-23(38)10-6-4-9-13-31(33(40)34-17-19-37-18-16-26(22-37)25-11-7-5-8-12-25)36-32(39)21-28-24(2)35-30-15-14-27(41-3)20-29(28)30/h5,7-8,11-12,14-15,20,26,31,35H,4,6,9-10,13,16-19,21-22H2,1-3H3,(H,34,40)(H,36,39). The van der Waals surface area contributed by atoms with Gasteiger partial charge in [-0.3, -0.25) is 9.59 Å². The number of methoxy groups -OCH3 is 1. The van der Waals surface area contributed by atoms with Crippen molar-refractivity contribution in [2.45, 2.75) is 70.8 Å². The number of hydrogen-bond donors (Lipinski definition) is 3. The van der Waals surface area contributed by atoms with E-state index in [-0.39, 0.29) is 24.0 Å². The van der Waals surface area contributed by atoms with Crippen LogP contribution in [0.5, 0.6) is 5.75 Å². The first kappa shape index (κ1) is 30.3. The molecule has 0 spiro atoms. The number of H-pyrrole nitrogens is 1. The van der Waals surface area contributed by atoms with Crippen LogP contribution in [0.2, 0.25) is 0 Å². The van der Waals surface area contributed by atoms with Crippen molar-refractivity contribution < 1.29 is 19.1 Å². The van der Waals surface area contributed by atoms with E-state index in [1.54, 1.807) is 14.0 Å². The van der Waals surface area contributed by atoms with E-state index in [4.69, 9.17) is 4.74 Å². The fraction of sp³-hybridized carbons (Fsp3) is 0.485. The molecule has 2 aromatic carbocycles. The number of hydrogen-bond acceptors (Lipinski definition) is 5.